The maximum absolute atomic E-state index is 9.85. The minimum absolute atomic E-state index is 0.252. The number of aryl methyl sites for hydroxylation is 4. The van der Waals surface area contributed by atoms with E-state index in [1.54, 1.807) is 6.07 Å². The van der Waals surface area contributed by atoms with Crippen molar-refractivity contribution in [2.24, 2.45) is 0 Å². The molecule has 26 heavy (non-hydrogen) atoms. The first-order valence-corrected chi connectivity index (χ1v) is 9.85. The van der Waals surface area contributed by atoms with Gasteiger partial charge in [-0.3, -0.25) is 0 Å². The lowest BCUT2D eigenvalue weighted by Gasteiger charge is -2.08. The summed E-state index contributed by atoms with van der Waals surface area (Å²) in [5, 5.41) is 16.5. The Hall–Kier alpha value is -2.33. The van der Waals surface area contributed by atoms with Crippen LogP contribution in [0, 0.1) is 13.8 Å². The van der Waals surface area contributed by atoms with E-state index in [0.717, 1.165) is 29.5 Å². The van der Waals surface area contributed by atoms with Crippen LogP contribution < -0.4 is 0 Å². The predicted molar refractivity (Wildman–Crippen MR) is 108 cm³/mol. The molecule has 0 unspecified atom stereocenters. The van der Waals surface area contributed by atoms with Gasteiger partial charge < -0.3 is 9.63 Å². The molecule has 0 aliphatic rings. The van der Waals surface area contributed by atoms with Crippen LogP contribution in [0.5, 0.6) is 5.75 Å². The van der Waals surface area contributed by atoms with Crippen molar-refractivity contribution in [1.82, 2.24) is 5.16 Å². The standard InChI is InChI=1S/C22H23NO2S/c1-12(2)22-15-6-5-13(3)9-21(15)26-20(22)8-7-17-16-10-14(4)18(24)11-19(16)25-23-17/h5-6,9-12,24H,7-8H2,1-4H3. The lowest BCUT2D eigenvalue weighted by atomic mass is 9.96. The van der Waals surface area contributed by atoms with Crippen LogP contribution in [0.2, 0.25) is 0 Å². The number of nitrogens with zero attached hydrogens (tertiary/aromatic N) is 1. The molecule has 2 aromatic heterocycles. The summed E-state index contributed by atoms with van der Waals surface area (Å²) in [4.78, 5) is 1.44. The minimum atomic E-state index is 0.252. The van der Waals surface area contributed by atoms with Crippen LogP contribution in [0.3, 0.4) is 0 Å². The van der Waals surface area contributed by atoms with Crippen molar-refractivity contribution in [3.8, 4) is 5.75 Å². The van der Waals surface area contributed by atoms with Crippen LogP contribution >= 0.6 is 11.3 Å². The van der Waals surface area contributed by atoms with Crippen molar-refractivity contribution >= 4 is 32.4 Å². The highest BCUT2D eigenvalue weighted by molar-refractivity contribution is 7.19. The zero-order valence-corrected chi connectivity index (χ0v) is 16.4. The van der Waals surface area contributed by atoms with E-state index in [0.29, 0.717) is 11.5 Å². The molecule has 0 aliphatic carbocycles. The molecule has 0 radical (unpaired) electrons. The zero-order valence-electron chi connectivity index (χ0n) is 15.6. The molecule has 2 aromatic carbocycles. The summed E-state index contributed by atoms with van der Waals surface area (Å²) < 4.78 is 6.79. The molecule has 0 spiro atoms. The number of hydrogen-bond acceptors (Lipinski definition) is 4. The van der Waals surface area contributed by atoms with Crippen LogP contribution in [0.1, 0.15) is 47.0 Å². The highest BCUT2D eigenvalue weighted by Gasteiger charge is 2.17. The second kappa shape index (κ2) is 6.44. The molecule has 0 aliphatic heterocycles. The van der Waals surface area contributed by atoms with Gasteiger partial charge in [-0.25, -0.2) is 0 Å². The van der Waals surface area contributed by atoms with Gasteiger partial charge in [-0.05, 0) is 66.8 Å². The molecule has 3 nitrogen and oxygen atoms in total. The lowest BCUT2D eigenvalue weighted by molar-refractivity contribution is 0.440. The Bertz CT molecular complexity index is 1100. The average molecular weight is 365 g/mol. The van der Waals surface area contributed by atoms with Gasteiger partial charge in [0.2, 0.25) is 0 Å². The van der Waals surface area contributed by atoms with E-state index in [1.165, 1.54) is 26.1 Å². The van der Waals surface area contributed by atoms with E-state index >= 15 is 0 Å². The molecule has 2 heterocycles. The maximum Gasteiger partial charge on any atom is 0.170 e. The summed E-state index contributed by atoms with van der Waals surface area (Å²) in [6, 6.07) is 10.4. The Labute approximate surface area is 157 Å². The maximum atomic E-state index is 9.85. The van der Waals surface area contributed by atoms with Gasteiger partial charge in [-0.2, -0.15) is 0 Å². The largest absolute Gasteiger partial charge is 0.508 e. The van der Waals surface area contributed by atoms with E-state index < -0.39 is 0 Å². The molecule has 0 saturated heterocycles. The molecule has 0 saturated carbocycles. The third-order valence-corrected chi connectivity index (χ3v) is 6.22. The lowest BCUT2D eigenvalue weighted by Crippen LogP contribution is -1.96. The minimum Gasteiger partial charge on any atom is -0.508 e. The van der Waals surface area contributed by atoms with Gasteiger partial charge in [-0.15, -0.1) is 11.3 Å². The molecular formula is C22H23NO2S. The molecule has 0 amide bonds. The molecule has 4 aromatic rings. The Balaban J connectivity index is 1.70. The van der Waals surface area contributed by atoms with E-state index in [1.807, 2.05) is 24.3 Å². The van der Waals surface area contributed by atoms with Crippen LogP contribution in [-0.2, 0) is 12.8 Å². The number of benzene rings is 2. The zero-order chi connectivity index (χ0) is 18.4. The fourth-order valence-electron chi connectivity index (χ4n) is 3.64. The first-order valence-electron chi connectivity index (χ1n) is 9.04. The monoisotopic (exact) mass is 365 g/mol. The summed E-state index contributed by atoms with van der Waals surface area (Å²) in [5.74, 6) is 0.747. The fraction of sp³-hybridized carbons (Fsp3) is 0.318. The molecule has 4 rings (SSSR count). The number of phenolic OH excluding ortho intramolecular Hbond substituents is 1. The summed E-state index contributed by atoms with van der Waals surface area (Å²) in [6.45, 7) is 8.58. The molecule has 4 heteroatoms. The first-order chi connectivity index (χ1) is 12.4. The normalized spacial score (nSPS) is 11.9. The molecule has 134 valence electrons. The summed E-state index contributed by atoms with van der Waals surface area (Å²) in [6.07, 6.45) is 1.79. The third-order valence-electron chi connectivity index (χ3n) is 4.99. The fourth-order valence-corrected chi connectivity index (χ4v) is 5.10. The first kappa shape index (κ1) is 17.1. The van der Waals surface area contributed by atoms with Gasteiger partial charge in [0, 0.05) is 21.0 Å². The van der Waals surface area contributed by atoms with E-state index in [-0.39, 0.29) is 5.75 Å². The van der Waals surface area contributed by atoms with E-state index in [4.69, 9.17) is 4.52 Å². The Kier molecular flexibility index (Phi) is 4.23. The second-order valence-electron chi connectivity index (χ2n) is 7.36. The van der Waals surface area contributed by atoms with Gasteiger partial charge in [0.25, 0.3) is 0 Å². The van der Waals surface area contributed by atoms with Crippen LogP contribution in [-0.4, -0.2) is 10.3 Å². The van der Waals surface area contributed by atoms with Crippen molar-refractivity contribution < 1.29 is 9.63 Å². The van der Waals surface area contributed by atoms with Crippen LogP contribution in [0.25, 0.3) is 21.1 Å². The number of aromatic nitrogens is 1. The number of rotatable bonds is 4. The summed E-state index contributed by atoms with van der Waals surface area (Å²) in [7, 11) is 0. The van der Waals surface area contributed by atoms with Crippen molar-refractivity contribution in [2.45, 2.75) is 46.5 Å². The van der Waals surface area contributed by atoms with Gasteiger partial charge in [0.05, 0.1) is 5.69 Å². The van der Waals surface area contributed by atoms with Crippen molar-refractivity contribution in [3.05, 3.63) is 57.6 Å². The number of phenols is 1. The molecular weight excluding hydrogens is 342 g/mol. The summed E-state index contributed by atoms with van der Waals surface area (Å²) in [5.41, 5.74) is 5.23. The highest BCUT2D eigenvalue weighted by atomic mass is 32.1. The van der Waals surface area contributed by atoms with Gasteiger partial charge >= 0.3 is 0 Å². The molecule has 0 fully saturated rings. The SMILES string of the molecule is Cc1ccc2c(C(C)C)c(CCc3noc4cc(O)c(C)cc34)sc2c1. The van der Waals surface area contributed by atoms with Crippen LogP contribution in [0.15, 0.2) is 34.9 Å². The van der Waals surface area contributed by atoms with Gasteiger partial charge in [0.15, 0.2) is 5.58 Å². The molecule has 0 bridgehead atoms. The smallest absolute Gasteiger partial charge is 0.170 e. The number of hydrogen-bond donors (Lipinski definition) is 1. The predicted octanol–water partition coefficient (Wildman–Crippen LogP) is 6.27. The topological polar surface area (TPSA) is 46.3 Å². The Morgan fingerprint density at radius 3 is 2.65 bits per heavy atom. The quantitative estimate of drug-likeness (QED) is 0.463. The molecule has 1 N–H and O–H groups in total. The van der Waals surface area contributed by atoms with Crippen molar-refractivity contribution in [1.29, 1.82) is 0 Å². The number of fused-ring (bicyclic) bond motifs is 2. The number of aromatic hydroxyl groups is 1. The van der Waals surface area contributed by atoms with Crippen molar-refractivity contribution in [2.75, 3.05) is 0 Å². The van der Waals surface area contributed by atoms with Crippen molar-refractivity contribution in [3.63, 3.8) is 0 Å². The molecule has 0 atom stereocenters. The Morgan fingerprint density at radius 1 is 1.08 bits per heavy atom. The summed E-state index contributed by atoms with van der Waals surface area (Å²) >= 11 is 1.90. The second-order valence-corrected chi connectivity index (χ2v) is 8.49. The third kappa shape index (κ3) is 2.88. The van der Waals surface area contributed by atoms with E-state index in [2.05, 4.69) is 44.1 Å². The van der Waals surface area contributed by atoms with Gasteiger partial charge in [0.1, 0.15) is 5.75 Å². The Morgan fingerprint density at radius 2 is 1.88 bits per heavy atom. The number of thiophene rings is 1. The average Bonchev–Trinajstić information content (AvgIpc) is 3.13. The van der Waals surface area contributed by atoms with Crippen LogP contribution in [0.4, 0.5) is 0 Å². The van der Waals surface area contributed by atoms with E-state index in [9.17, 15) is 5.11 Å². The highest BCUT2D eigenvalue weighted by Crippen LogP contribution is 2.37. The van der Waals surface area contributed by atoms with Gasteiger partial charge in [-0.1, -0.05) is 31.1 Å².